The van der Waals surface area contributed by atoms with E-state index >= 15 is 0 Å². The Hall–Kier alpha value is -1.06. The van der Waals surface area contributed by atoms with Gasteiger partial charge in [-0.25, -0.2) is 0 Å². The van der Waals surface area contributed by atoms with Crippen molar-refractivity contribution in [3.63, 3.8) is 0 Å². The van der Waals surface area contributed by atoms with Crippen LogP contribution in [0.5, 0.6) is 5.75 Å². The minimum absolute atomic E-state index is 0.101. The van der Waals surface area contributed by atoms with E-state index in [9.17, 15) is 5.11 Å². The first kappa shape index (κ1) is 13.0. The summed E-state index contributed by atoms with van der Waals surface area (Å²) in [5, 5.41) is 18.8. The number of aliphatic hydroxyl groups excluding tert-OH is 2. The van der Waals surface area contributed by atoms with E-state index in [-0.39, 0.29) is 6.61 Å². The van der Waals surface area contributed by atoms with Crippen molar-refractivity contribution < 1.29 is 14.9 Å². The predicted molar refractivity (Wildman–Crippen MR) is 63.7 cm³/mol. The zero-order valence-corrected chi connectivity index (χ0v) is 10.2. The third-order valence-electron chi connectivity index (χ3n) is 2.68. The van der Waals surface area contributed by atoms with Gasteiger partial charge in [-0.2, -0.15) is 0 Å². The monoisotopic (exact) mass is 224 g/mol. The summed E-state index contributed by atoms with van der Waals surface area (Å²) in [7, 11) is 1.61. The van der Waals surface area contributed by atoms with Crippen LogP contribution in [0.25, 0.3) is 0 Å². The second-order valence-electron chi connectivity index (χ2n) is 4.08. The molecule has 2 N–H and O–H groups in total. The van der Waals surface area contributed by atoms with E-state index in [1.165, 1.54) is 0 Å². The van der Waals surface area contributed by atoms with Gasteiger partial charge in [-0.15, -0.1) is 0 Å². The lowest BCUT2D eigenvalue weighted by Crippen LogP contribution is -2.04. The number of rotatable bonds is 5. The maximum Gasteiger partial charge on any atom is 0.125 e. The molecule has 0 saturated carbocycles. The summed E-state index contributed by atoms with van der Waals surface area (Å²) in [5.74, 6) is 0.725. The van der Waals surface area contributed by atoms with E-state index in [1.54, 1.807) is 7.11 Å². The number of aryl methyl sites for hydroxylation is 2. The SMILES string of the molecule is COc1cc(C)cc(C)c1C(O)CCCO. The fourth-order valence-electron chi connectivity index (χ4n) is 1.96. The maximum atomic E-state index is 10.0. The zero-order valence-electron chi connectivity index (χ0n) is 10.2. The van der Waals surface area contributed by atoms with Crippen LogP contribution in [0.1, 0.15) is 35.6 Å². The molecule has 1 aromatic rings. The number of aliphatic hydroxyl groups is 2. The lowest BCUT2D eigenvalue weighted by Gasteiger charge is -2.18. The molecule has 0 aliphatic rings. The molecular formula is C13H20O3. The minimum Gasteiger partial charge on any atom is -0.496 e. The Bertz CT molecular complexity index is 347. The molecule has 0 saturated heterocycles. The van der Waals surface area contributed by atoms with Crippen molar-refractivity contribution in [3.05, 3.63) is 28.8 Å². The summed E-state index contributed by atoms with van der Waals surface area (Å²) >= 11 is 0. The first-order chi connectivity index (χ1) is 7.60. The minimum atomic E-state index is -0.567. The Kier molecular flexibility index (Phi) is 4.77. The molecule has 0 aliphatic heterocycles. The van der Waals surface area contributed by atoms with Gasteiger partial charge in [-0.05, 0) is 43.9 Å². The van der Waals surface area contributed by atoms with Crippen molar-refractivity contribution in [2.45, 2.75) is 32.8 Å². The molecule has 3 nitrogen and oxygen atoms in total. The van der Waals surface area contributed by atoms with Crippen LogP contribution in [0.3, 0.4) is 0 Å². The lowest BCUT2D eigenvalue weighted by atomic mass is 9.97. The Morgan fingerprint density at radius 3 is 2.56 bits per heavy atom. The highest BCUT2D eigenvalue weighted by Crippen LogP contribution is 2.32. The number of hydrogen-bond acceptors (Lipinski definition) is 3. The second-order valence-corrected chi connectivity index (χ2v) is 4.08. The lowest BCUT2D eigenvalue weighted by molar-refractivity contribution is 0.148. The molecule has 1 unspecified atom stereocenters. The molecule has 0 aromatic heterocycles. The molecule has 0 aliphatic carbocycles. The molecular weight excluding hydrogens is 204 g/mol. The smallest absolute Gasteiger partial charge is 0.125 e. The van der Waals surface area contributed by atoms with Crippen molar-refractivity contribution in [3.8, 4) is 5.75 Å². The average molecular weight is 224 g/mol. The fraction of sp³-hybridized carbons (Fsp3) is 0.538. The highest BCUT2D eigenvalue weighted by atomic mass is 16.5. The van der Waals surface area contributed by atoms with Crippen molar-refractivity contribution in [1.82, 2.24) is 0 Å². The van der Waals surface area contributed by atoms with E-state index in [0.717, 1.165) is 22.4 Å². The van der Waals surface area contributed by atoms with Crippen LogP contribution in [-0.2, 0) is 0 Å². The van der Waals surface area contributed by atoms with E-state index < -0.39 is 6.10 Å². The summed E-state index contributed by atoms with van der Waals surface area (Å²) in [6.07, 6.45) is 0.580. The van der Waals surface area contributed by atoms with Crippen LogP contribution in [0.4, 0.5) is 0 Å². The van der Waals surface area contributed by atoms with Gasteiger partial charge in [0, 0.05) is 12.2 Å². The van der Waals surface area contributed by atoms with E-state index in [0.29, 0.717) is 12.8 Å². The molecule has 16 heavy (non-hydrogen) atoms. The van der Waals surface area contributed by atoms with Crippen molar-refractivity contribution in [2.24, 2.45) is 0 Å². The van der Waals surface area contributed by atoms with Crippen LogP contribution >= 0.6 is 0 Å². The average Bonchev–Trinajstić information content (AvgIpc) is 2.24. The molecule has 0 spiro atoms. The van der Waals surface area contributed by atoms with Gasteiger partial charge in [0.2, 0.25) is 0 Å². The second kappa shape index (κ2) is 5.87. The van der Waals surface area contributed by atoms with Crippen LogP contribution < -0.4 is 4.74 Å². The van der Waals surface area contributed by atoms with Gasteiger partial charge >= 0.3 is 0 Å². The van der Waals surface area contributed by atoms with Crippen molar-refractivity contribution in [2.75, 3.05) is 13.7 Å². The molecule has 0 bridgehead atoms. The Labute approximate surface area is 96.7 Å². The molecule has 1 rings (SSSR count). The maximum absolute atomic E-state index is 10.0. The summed E-state index contributed by atoms with van der Waals surface area (Å²) in [5.41, 5.74) is 2.98. The Balaban J connectivity index is 3.01. The van der Waals surface area contributed by atoms with Gasteiger partial charge in [0.25, 0.3) is 0 Å². The Morgan fingerprint density at radius 2 is 2.00 bits per heavy atom. The van der Waals surface area contributed by atoms with Crippen molar-refractivity contribution >= 4 is 0 Å². The van der Waals surface area contributed by atoms with E-state index in [2.05, 4.69) is 0 Å². The molecule has 3 heteroatoms. The first-order valence-corrected chi connectivity index (χ1v) is 5.54. The largest absolute Gasteiger partial charge is 0.496 e. The van der Waals surface area contributed by atoms with Gasteiger partial charge < -0.3 is 14.9 Å². The molecule has 0 fully saturated rings. The summed E-state index contributed by atoms with van der Waals surface area (Å²) in [6, 6.07) is 3.95. The third-order valence-corrected chi connectivity index (χ3v) is 2.68. The van der Waals surface area contributed by atoms with Crippen LogP contribution in [0.15, 0.2) is 12.1 Å². The number of ether oxygens (including phenoxy) is 1. The Morgan fingerprint density at radius 1 is 1.31 bits per heavy atom. The normalized spacial score (nSPS) is 12.6. The zero-order chi connectivity index (χ0) is 12.1. The fourth-order valence-corrected chi connectivity index (χ4v) is 1.96. The third kappa shape index (κ3) is 2.97. The summed E-state index contributed by atoms with van der Waals surface area (Å²) < 4.78 is 5.29. The van der Waals surface area contributed by atoms with Crippen LogP contribution in [-0.4, -0.2) is 23.9 Å². The van der Waals surface area contributed by atoms with Gasteiger partial charge in [-0.1, -0.05) is 6.07 Å². The van der Waals surface area contributed by atoms with Gasteiger partial charge in [-0.3, -0.25) is 0 Å². The van der Waals surface area contributed by atoms with Crippen molar-refractivity contribution in [1.29, 1.82) is 0 Å². The standard InChI is InChI=1S/C13H20O3/c1-9-7-10(2)13(12(8-9)16-3)11(15)5-4-6-14/h7-8,11,14-15H,4-6H2,1-3H3. The molecule has 0 heterocycles. The quantitative estimate of drug-likeness (QED) is 0.805. The molecule has 90 valence electrons. The highest BCUT2D eigenvalue weighted by Gasteiger charge is 2.16. The highest BCUT2D eigenvalue weighted by molar-refractivity contribution is 5.44. The molecule has 0 amide bonds. The van der Waals surface area contributed by atoms with Crippen LogP contribution in [0.2, 0.25) is 0 Å². The van der Waals surface area contributed by atoms with E-state index in [4.69, 9.17) is 9.84 Å². The topological polar surface area (TPSA) is 49.7 Å². The van der Waals surface area contributed by atoms with Gasteiger partial charge in [0.1, 0.15) is 5.75 Å². The molecule has 1 atom stereocenters. The summed E-state index contributed by atoms with van der Waals surface area (Å²) in [4.78, 5) is 0. The van der Waals surface area contributed by atoms with Crippen LogP contribution in [0, 0.1) is 13.8 Å². The molecule has 0 radical (unpaired) electrons. The molecule has 1 aromatic carbocycles. The van der Waals surface area contributed by atoms with E-state index in [1.807, 2.05) is 26.0 Å². The predicted octanol–water partition coefficient (Wildman–Crippen LogP) is 2.12. The summed E-state index contributed by atoms with van der Waals surface area (Å²) in [6.45, 7) is 4.07. The van der Waals surface area contributed by atoms with Gasteiger partial charge in [0.15, 0.2) is 0 Å². The first-order valence-electron chi connectivity index (χ1n) is 5.54. The number of benzene rings is 1. The van der Waals surface area contributed by atoms with Gasteiger partial charge in [0.05, 0.1) is 13.2 Å². The number of hydrogen-bond donors (Lipinski definition) is 2. The number of methoxy groups -OCH3 is 1.